The zero-order valence-corrected chi connectivity index (χ0v) is 14.9. The predicted octanol–water partition coefficient (Wildman–Crippen LogP) is 4.37. The molecule has 0 atom stereocenters. The second-order valence-electron chi connectivity index (χ2n) is 5.45. The van der Waals surface area contributed by atoms with E-state index in [0.29, 0.717) is 21.3 Å². The van der Waals surface area contributed by atoms with Gasteiger partial charge in [-0.05, 0) is 38.5 Å². The summed E-state index contributed by atoms with van der Waals surface area (Å²) in [5.41, 5.74) is 0.406. The van der Waals surface area contributed by atoms with E-state index >= 15 is 0 Å². The van der Waals surface area contributed by atoms with Crippen LogP contribution in [0.5, 0.6) is 5.88 Å². The van der Waals surface area contributed by atoms with Crippen LogP contribution in [0.25, 0.3) is 0 Å². The molecule has 5 nitrogen and oxygen atoms in total. The molecule has 0 aliphatic carbocycles. The molecule has 1 aromatic heterocycles. The van der Waals surface area contributed by atoms with Gasteiger partial charge in [0, 0.05) is 12.3 Å². The summed E-state index contributed by atoms with van der Waals surface area (Å²) in [5, 5.41) is 20.4. The van der Waals surface area contributed by atoms with E-state index < -0.39 is 5.56 Å². The quantitative estimate of drug-likeness (QED) is 0.822. The van der Waals surface area contributed by atoms with E-state index in [0.717, 1.165) is 4.57 Å². The Kier molecular flexibility index (Phi) is 5.33. The molecule has 0 saturated heterocycles. The first-order valence-corrected chi connectivity index (χ1v) is 7.91. The van der Waals surface area contributed by atoms with Gasteiger partial charge in [-0.1, -0.05) is 29.3 Å². The van der Waals surface area contributed by atoms with Crippen LogP contribution in [-0.2, 0) is 0 Å². The number of pyridine rings is 1. The molecule has 0 unspecified atom stereocenters. The number of aromatic nitrogens is 1. The average molecular weight is 364 g/mol. The molecular weight excluding hydrogens is 349 g/mol. The largest absolute Gasteiger partial charge is 0.494 e. The highest BCUT2D eigenvalue weighted by Gasteiger charge is 2.19. The van der Waals surface area contributed by atoms with Crippen LogP contribution in [-0.4, -0.2) is 15.9 Å². The maximum Gasteiger partial charge on any atom is 0.271 e. The minimum Gasteiger partial charge on any atom is -0.494 e. The predicted molar refractivity (Wildman–Crippen MR) is 95.9 cm³/mol. The van der Waals surface area contributed by atoms with Crippen molar-refractivity contribution in [2.75, 3.05) is 0 Å². The van der Waals surface area contributed by atoms with Crippen molar-refractivity contribution in [3.8, 4) is 11.9 Å². The lowest BCUT2D eigenvalue weighted by molar-refractivity contribution is 0.386. The van der Waals surface area contributed by atoms with Crippen LogP contribution in [0.4, 0.5) is 5.69 Å². The van der Waals surface area contributed by atoms with Gasteiger partial charge in [0.05, 0.1) is 15.6 Å². The molecule has 0 spiro atoms. The number of para-hydroxylation sites is 1. The number of halogens is 2. The zero-order chi connectivity index (χ0) is 18.0. The van der Waals surface area contributed by atoms with Gasteiger partial charge in [-0.25, -0.2) is 0 Å². The molecule has 7 heteroatoms. The highest BCUT2D eigenvalue weighted by atomic mass is 35.5. The van der Waals surface area contributed by atoms with E-state index in [-0.39, 0.29) is 23.0 Å². The van der Waals surface area contributed by atoms with E-state index in [1.807, 2.05) is 6.07 Å². The number of aliphatic imine (C=N–C) groups is 1. The topological polar surface area (TPSA) is 78.4 Å². The Morgan fingerprint density at radius 1 is 1.33 bits per heavy atom. The molecule has 2 aromatic rings. The van der Waals surface area contributed by atoms with E-state index in [2.05, 4.69) is 4.99 Å². The molecule has 0 fully saturated rings. The third kappa shape index (κ3) is 3.16. The number of hydrogen-bond donors (Lipinski definition) is 1. The molecule has 2 rings (SSSR count). The molecule has 0 saturated carbocycles. The highest BCUT2D eigenvalue weighted by molar-refractivity contribution is 6.38. The van der Waals surface area contributed by atoms with Gasteiger partial charge in [0.15, 0.2) is 0 Å². The first-order chi connectivity index (χ1) is 11.3. The highest BCUT2D eigenvalue weighted by Crippen LogP contribution is 2.33. The standard InChI is InChI=1S/C17H15Cl2N3O2/c1-9(2)22-16(23)11(7-20)10(3)12(17(22)24)8-21-15-13(18)5-4-6-14(15)19/h4-6,8-9,24H,1-3H3. The Morgan fingerprint density at radius 2 is 1.92 bits per heavy atom. The van der Waals surface area contributed by atoms with Crippen molar-refractivity contribution in [3.05, 3.63) is 55.3 Å². The van der Waals surface area contributed by atoms with Crippen LogP contribution >= 0.6 is 23.2 Å². The van der Waals surface area contributed by atoms with E-state index in [1.165, 1.54) is 6.21 Å². The Morgan fingerprint density at radius 3 is 2.42 bits per heavy atom. The lowest BCUT2D eigenvalue weighted by atomic mass is 10.1. The summed E-state index contributed by atoms with van der Waals surface area (Å²) in [6.07, 6.45) is 1.36. The number of benzene rings is 1. The Labute approximate surface area is 149 Å². The molecule has 1 N–H and O–H groups in total. The van der Waals surface area contributed by atoms with Crippen LogP contribution in [0.2, 0.25) is 10.0 Å². The van der Waals surface area contributed by atoms with Gasteiger partial charge in [0.25, 0.3) is 5.56 Å². The molecule has 1 heterocycles. The second-order valence-corrected chi connectivity index (χ2v) is 6.26. The molecule has 24 heavy (non-hydrogen) atoms. The van der Waals surface area contributed by atoms with Crippen LogP contribution in [0.1, 0.15) is 36.6 Å². The van der Waals surface area contributed by atoms with Crippen molar-refractivity contribution in [1.82, 2.24) is 4.57 Å². The van der Waals surface area contributed by atoms with Crippen molar-refractivity contribution in [1.29, 1.82) is 5.26 Å². The number of hydrogen-bond acceptors (Lipinski definition) is 4. The molecule has 0 aliphatic rings. The minimum absolute atomic E-state index is 0.0341. The third-order valence-corrected chi connectivity index (χ3v) is 4.18. The summed E-state index contributed by atoms with van der Waals surface area (Å²) in [5.74, 6) is -0.251. The zero-order valence-electron chi connectivity index (χ0n) is 13.3. The Bertz CT molecular complexity index is 905. The van der Waals surface area contributed by atoms with Gasteiger partial charge in [0.1, 0.15) is 17.3 Å². The van der Waals surface area contributed by atoms with E-state index in [9.17, 15) is 15.2 Å². The van der Waals surface area contributed by atoms with Crippen molar-refractivity contribution < 1.29 is 5.11 Å². The van der Waals surface area contributed by atoms with Crippen LogP contribution in [0.3, 0.4) is 0 Å². The smallest absolute Gasteiger partial charge is 0.271 e. The number of nitrogens with zero attached hydrogens (tertiary/aromatic N) is 3. The SMILES string of the molecule is Cc1c(C=Nc2c(Cl)cccc2Cl)c(O)n(C(C)C)c(=O)c1C#N. The summed E-state index contributed by atoms with van der Waals surface area (Å²) in [4.78, 5) is 16.5. The first-order valence-electron chi connectivity index (χ1n) is 7.15. The van der Waals surface area contributed by atoms with Gasteiger partial charge < -0.3 is 5.11 Å². The van der Waals surface area contributed by atoms with Crippen LogP contribution < -0.4 is 5.56 Å². The van der Waals surface area contributed by atoms with Gasteiger partial charge >= 0.3 is 0 Å². The Balaban J connectivity index is 2.72. The van der Waals surface area contributed by atoms with Crippen molar-refractivity contribution in [3.63, 3.8) is 0 Å². The number of aromatic hydroxyl groups is 1. The number of rotatable bonds is 3. The third-order valence-electron chi connectivity index (χ3n) is 3.57. The number of nitriles is 1. The average Bonchev–Trinajstić information content (AvgIpc) is 2.49. The minimum atomic E-state index is -0.532. The summed E-state index contributed by atoms with van der Waals surface area (Å²) in [6.45, 7) is 5.06. The van der Waals surface area contributed by atoms with Crippen LogP contribution in [0.15, 0.2) is 28.0 Å². The van der Waals surface area contributed by atoms with E-state index in [4.69, 9.17) is 23.2 Å². The molecule has 124 valence electrons. The Hall–Kier alpha value is -2.29. The second kappa shape index (κ2) is 7.08. The first kappa shape index (κ1) is 18.1. The molecule has 1 aromatic carbocycles. The maximum atomic E-state index is 12.3. The van der Waals surface area contributed by atoms with Gasteiger partial charge in [-0.15, -0.1) is 0 Å². The molecule has 0 radical (unpaired) electrons. The summed E-state index contributed by atoms with van der Waals surface area (Å²) >= 11 is 12.1. The normalized spacial score (nSPS) is 11.2. The monoisotopic (exact) mass is 363 g/mol. The van der Waals surface area contributed by atoms with Gasteiger partial charge in [0.2, 0.25) is 5.88 Å². The van der Waals surface area contributed by atoms with Crippen molar-refractivity contribution in [2.24, 2.45) is 4.99 Å². The molecular formula is C17H15Cl2N3O2. The fraction of sp³-hybridized carbons (Fsp3) is 0.235. The lowest BCUT2D eigenvalue weighted by Crippen LogP contribution is -2.26. The van der Waals surface area contributed by atoms with E-state index in [1.54, 1.807) is 39.0 Å². The van der Waals surface area contributed by atoms with Gasteiger partial charge in [-0.2, -0.15) is 5.26 Å². The van der Waals surface area contributed by atoms with Crippen molar-refractivity contribution >= 4 is 35.1 Å². The van der Waals surface area contributed by atoms with Crippen molar-refractivity contribution in [2.45, 2.75) is 26.8 Å². The molecule has 0 bridgehead atoms. The van der Waals surface area contributed by atoms with Crippen LogP contribution in [0, 0.1) is 18.3 Å². The molecule has 0 aliphatic heterocycles. The summed E-state index contributed by atoms with van der Waals surface area (Å²) < 4.78 is 1.15. The fourth-order valence-corrected chi connectivity index (χ4v) is 2.81. The maximum absolute atomic E-state index is 12.3. The van der Waals surface area contributed by atoms with Gasteiger partial charge in [-0.3, -0.25) is 14.4 Å². The summed E-state index contributed by atoms with van der Waals surface area (Å²) in [7, 11) is 0. The summed E-state index contributed by atoms with van der Waals surface area (Å²) in [6, 6.07) is 6.55. The molecule has 0 amide bonds. The fourth-order valence-electron chi connectivity index (χ4n) is 2.32. The lowest BCUT2D eigenvalue weighted by Gasteiger charge is -2.16.